The molecule has 16 heavy (non-hydrogen) atoms. The van der Waals surface area contributed by atoms with Gasteiger partial charge < -0.3 is 10.6 Å². The van der Waals surface area contributed by atoms with Crippen LogP contribution in [0.15, 0.2) is 18.2 Å². The number of nitrogen functional groups attached to an aromatic ring is 1. The SMILES string of the molecule is Cc1cc(N)ccc1N1CC2(CCCC2)C1. The van der Waals surface area contributed by atoms with Gasteiger partial charge in [0.15, 0.2) is 0 Å². The van der Waals surface area contributed by atoms with Crippen LogP contribution in [0.2, 0.25) is 0 Å². The first-order valence-corrected chi connectivity index (χ1v) is 6.30. The Labute approximate surface area is 97.4 Å². The fourth-order valence-corrected chi connectivity index (χ4v) is 3.41. The van der Waals surface area contributed by atoms with Gasteiger partial charge in [-0.05, 0) is 43.5 Å². The molecule has 2 heteroatoms. The van der Waals surface area contributed by atoms with Crippen LogP contribution in [0, 0.1) is 12.3 Å². The normalized spacial score (nSPS) is 22.4. The molecule has 0 atom stereocenters. The number of rotatable bonds is 1. The first-order chi connectivity index (χ1) is 7.69. The summed E-state index contributed by atoms with van der Waals surface area (Å²) in [4.78, 5) is 2.51. The van der Waals surface area contributed by atoms with Crippen molar-refractivity contribution in [3.8, 4) is 0 Å². The molecule has 1 aliphatic carbocycles. The summed E-state index contributed by atoms with van der Waals surface area (Å²) in [5, 5.41) is 0. The smallest absolute Gasteiger partial charge is 0.0397 e. The lowest BCUT2D eigenvalue weighted by atomic mass is 9.78. The van der Waals surface area contributed by atoms with Gasteiger partial charge in [0, 0.05) is 29.9 Å². The van der Waals surface area contributed by atoms with Crippen LogP contribution >= 0.6 is 0 Å². The van der Waals surface area contributed by atoms with Gasteiger partial charge in [0.2, 0.25) is 0 Å². The van der Waals surface area contributed by atoms with Crippen molar-refractivity contribution in [1.82, 2.24) is 0 Å². The molecule has 0 radical (unpaired) electrons. The highest BCUT2D eigenvalue weighted by Crippen LogP contribution is 2.47. The maximum absolute atomic E-state index is 5.78. The third-order valence-corrected chi connectivity index (χ3v) is 4.28. The summed E-state index contributed by atoms with van der Waals surface area (Å²) in [6.07, 6.45) is 5.76. The minimum atomic E-state index is 0.674. The molecule has 2 fully saturated rings. The molecular weight excluding hydrogens is 196 g/mol. The van der Waals surface area contributed by atoms with E-state index in [-0.39, 0.29) is 0 Å². The summed E-state index contributed by atoms with van der Waals surface area (Å²) < 4.78 is 0. The number of anilines is 2. The molecule has 1 aromatic rings. The molecule has 0 amide bonds. The molecule has 2 aliphatic rings. The summed E-state index contributed by atoms with van der Waals surface area (Å²) >= 11 is 0. The average Bonchev–Trinajstić information content (AvgIpc) is 2.65. The van der Waals surface area contributed by atoms with E-state index in [1.807, 2.05) is 6.07 Å². The number of benzene rings is 1. The third kappa shape index (κ3) is 1.48. The Bertz CT molecular complexity index is 397. The Kier molecular flexibility index (Phi) is 2.13. The lowest BCUT2D eigenvalue weighted by Crippen LogP contribution is -2.55. The molecule has 1 aromatic carbocycles. The molecule has 1 saturated heterocycles. The van der Waals surface area contributed by atoms with Gasteiger partial charge in [-0.1, -0.05) is 12.8 Å². The van der Waals surface area contributed by atoms with Gasteiger partial charge in [-0.2, -0.15) is 0 Å². The van der Waals surface area contributed by atoms with Crippen molar-refractivity contribution in [2.24, 2.45) is 5.41 Å². The Morgan fingerprint density at radius 2 is 1.88 bits per heavy atom. The topological polar surface area (TPSA) is 29.3 Å². The van der Waals surface area contributed by atoms with Crippen LogP contribution in [0.1, 0.15) is 31.2 Å². The Morgan fingerprint density at radius 3 is 2.50 bits per heavy atom. The van der Waals surface area contributed by atoms with E-state index >= 15 is 0 Å². The second kappa shape index (κ2) is 3.41. The van der Waals surface area contributed by atoms with Gasteiger partial charge in [0.25, 0.3) is 0 Å². The number of nitrogens with two attached hydrogens (primary N) is 1. The average molecular weight is 216 g/mol. The Balaban J connectivity index is 1.76. The number of aryl methyl sites for hydroxylation is 1. The van der Waals surface area contributed by atoms with Crippen molar-refractivity contribution in [2.45, 2.75) is 32.6 Å². The van der Waals surface area contributed by atoms with Gasteiger partial charge in [0.05, 0.1) is 0 Å². The van der Waals surface area contributed by atoms with Gasteiger partial charge in [0.1, 0.15) is 0 Å². The highest BCUT2D eigenvalue weighted by atomic mass is 15.2. The van der Waals surface area contributed by atoms with E-state index in [4.69, 9.17) is 5.73 Å². The highest BCUT2D eigenvalue weighted by molar-refractivity contribution is 5.61. The zero-order chi connectivity index (χ0) is 11.2. The molecule has 0 bridgehead atoms. The summed E-state index contributed by atoms with van der Waals surface area (Å²) in [5.74, 6) is 0. The highest BCUT2D eigenvalue weighted by Gasteiger charge is 2.44. The zero-order valence-corrected chi connectivity index (χ0v) is 10.00. The van der Waals surface area contributed by atoms with Crippen molar-refractivity contribution < 1.29 is 0 Å². The molecular formula is C14H20N2. The molecule has 0 unspecified atom stereocenters. The van der Waals surface area contributed by atoms with Gasteiger partial charge >= 0.3 is 0 Å². The molecule has 3 rings (SSSR count). The van der Waals surface area contributed by atoms with Crippen LogP contribution in [-0.2, 0) is 0 Å². The minimum absolute atomic E-state index is 0.674. The predicted octanol–water partition coefficient (Wildman–Crippen LogP) is 2.96. The fourth-order valence-electron chi connectivity index (χ4n) is 3.41. The van der Waals surface area contributed by atoms with Crippen molar-refractivity contribution >= 4 is 11.4 Å². The first-order valence-electron chi connectivity index (χ1n) is 6.30. The van der Waals surface area contributed by atoms with E-state index in [2.05, 4.69) is 24.0 Å². The van der Waals surface area contributed by atoms with E-state index in [9.17, 15) is 0 Å². The van der Waals surface area contributed by atoms with Crippen LogP contribution in [-0.4, -0.2) is 13.1 Å². The molecule has 2 N–H and O–H groups in total. The lowest BCUT2D eigenvalue weighted by molar-refractivity contribution is 0.222. The maximum Gasteiger partial charge on any atom is 0.0397 e. The van der Waals surface area contributed by atoms with Crippen LogP contribution in [0.4, 0.5) is 11.4 Å². The molecule has 1 heterocycles. The van der Waals surface area contributed by atoms with Crippen molar-refractivity contribution in [3.05, 3.63) is 23.8 Å². The molecule has 1 saturated carbocycles. The second-order valence-corrected chi connectivity index (χ2v) is 5.61. The first kappa shape index (κ1) is 10.0. The molecule has 86 valence electrons. The van der Waals surface area contributed by atoms with Gasteiger partial charge in [-0.25, -0.2) is 0 Å². The van der Waals surface area contributed by atoms with E-state index in [1.54, 1.807) is 0 Å². The number of nitrogens with zero attached hydrogens (tertiary/aromatic N) is 1. The monoisotopic (exact) mass is 216 g/mol. The molecule has 2 nitrogen and oxygen atoms in total. The summed E-state index contributed by atoms with van der Waals surface area (Å²) in [5.41, 5.74) is 10.0. The van der Waals surface area contributed by atoms with Crippen LogP contribution in [0.5, 0.6) is 0 Å². The molecule has 1 spiro atoms. The molecule has 0 aromatic heterocycles. The van der Waals surface area contributed by atoms with Crippen molar-refractivity contribution in [1.29, 1.82) is 0 Å². The maximum atomic E-state index is 5.78. The second-order valence-electron chi connectivity index (χ2n) is 5.61. The van der Waals surface area contributed by atoms with Gasteiger partial charge in [-0.3, -0.25) is 0 Å². The van der Waals surface area contributed by atoms with E-state index in [1.165, 1.54) is 50.0 Å². The third-order valence-electron chi connectivity index (χ3n) is 4.28. The number of hydrogen-bond acceptors (Lipinski definition) is 2. The largest absolute Gasteiger partial charge is 0.399 e. The van der Waals surface area contributed by atoms with Crippen LogP contribution in [0.3, 0.4) is 0 Å². The quantitative estimate of drug-likeness (QED) is 0.731. The predicted molar refractivity (Wildman–Crippen MR) is 68.7 cm³/mol. The van der Waals surface area contributed by atoms with E-state index in [0.717, 1.165) is 5.69 Å². The number of hydrogen-bond donors (Lipinski definition) is 1. The van der Waals surface area contributed by atoms with E-state index in [0.29, 0.717) is 5.41 Å². The Hall–Kier alpha value is -1.18. The standard InChI is InChI=1S/C14H20N2/c1-11-8-12(15)4-5-13(11)16-9-14(10-16)6-2-3-7-14/h4-5,8H,2-3,6-7,9-10,15H2,1H3. The van der Waals surface area contributed by atoms with E-state index < -0.39 is 0 Å². The zero-order valence-electron chi connectivity index (χ0n) is 10.00. The summed E-state index contributed by atoms with van der Waals surface area (Å²) in [7, 11) is 0. The fraction of sp³-hybridized carbons (Fsp3) is 0.571. The minimum Gasteiger partial charge on any atom is -0.399 e. The van der Waals surface area contributed by atoms with Gasteiger partial charge in [-0.15, -0.1) is 0 Å². The summed E-state index contributed by atoms with van der Waals surface area (Å²) in [6.45, 7) is 4.68. The van der Waals surface area contributed by atoms with Crippen molar-refractivity contribution in [3.63, 3.8) is 0 Å². The molecule has 1 aliphatic heterocycles. The summed E-state index contributed by atoms with van der Waals surface area (Å²) in [6, 6.07) is 6.27. The van der Waals surface area contributed by atoms with Crippen LogP contribution in [0.25, 0.3) is 0 Å². The van der Waals surface area contributed by atoms with Crippen molar-refractivity contribution in [2.75, 3.05) is 23.7 Å². The lowest BCUT2D eigenvalue weighted by Gasteiger charge is -2.50. The van der Waals surface area contributed by atoms with Crippen LogP contribution < -0.4 is 10.6 Å². The Morgan fingerprint density at radius 1 is 1.19 bits per heavy atom.